The Kier molecular flexibility index (Phi) is 6.04. The lowest BCUT2D eigenvalue weighted by Gasteiger charge is -2.08. The van der Waals surface area contributed by atoms with Crippen molar-refractivity contribution in [1.29, 1.82) is 0 Å². The van der Waals surface area contributed by atoms with Crippen LogP contribution in [-0.2, 0) is 21.0 Å². The summed E-state index contributed by atoms with van der Waals surface area (Å²) in [6.07, 6.45) is 1.18. The maximum absolute atomic E-state index is 11.1. The highest BCUT2D eigenvalue weighted by Crippen LogP contribution is 2.12. The third kappa shape index (κ3) is 4.40. The second-order valence-corrected chi connectivity index (χ2v) is 3.40. The van der Waals surface area contributed by atoms with Crippen molar-refractivity contribution in [3.05, 3.63) is 35.4 Å². The summed E-state index contributed by atoms with van der Waals surface area (Å²) in [5.74, 6) is -1.19. The number of rotatable bonds is 7. The summed E-state index contributed by atoms with van der Waals surface area (Å²) >= 11 is 0. The van der Waals surface area contributed by atoms with Crippen molar-refractivity contribution in [3.8, 4) is 0 Å². The van der Waals surface area contributed by atoms with Gasteiger partial charge in [-0.2, -0.15) is 0 Å². The van der Waals surface area contributed by atoms with Gasteiger partial charge in [0, 0.05) is 5.56 Å². The molecule has 0 spiro atoms. The minimum absolute atomic E-state index is 0.120. The number of nitrogens with zero attached hydrogens (tertiary/aromatic N) is 2. The molecule has 2 N–H and O–H groups in total. The minimum Gasteiger partial charge on any atom is -0.476 e. The summed E-state index contributed by atoms with van der Waals surface area (Å²) in [6, 6.07) is 6.79. The van der Waals surface area contributed by atoms with Crippen LogP contribution in [0.1, 0.15) is 11.1 Å². The van der Waals surface area contributed by atoms with Crippen molar-refractivity contribution in [1.82, 2.24) is 0 Å². The Balaban J connectivity index is 2.94. The number of hydrogen-bond donors (Lipinski definition) is 2. The molecule has 0 aromatic heterocycles. The van der Waals surface area contributed by atoms with Crippen LogP contribution in [0.5, 0.6) is 0 Å². The molecule has 1 aromatic carbocycles. The van der Waals surface area contributed by atoms with Gasteiger partial charge < -0.3 is 19.9 Å². The van der Waals surface area contributed by atoms with Gasteiger partial charge in [-0.15, -0.1) is 0 Å². The van der Waals surface area contributed by atoms with Crippen LogP contribution in [0.4, 0.5) is 0 Å². The van der Waals surface area contributed by atoms with Crippen LogP contribution in [0.15, 0.2) is 34.6 Å². The van der Waals surface area contributed by atoms with Crippen LogP contribution in [0, 0.1) is 0 Å². The predicted molar refractivity (Wildman–Crippen MR) is 67.6 cm³/mol. The highest BCUT2D eigenvalue weighted by molar-refractivity contribution is 6.42. The molecular weight excluding hydrogens is 252 g/mol. The average molecular weight is 266 g/mol. The molecule has 0 unspecified atom stereocenters. The highest BCUT2D eigenvalue weighted by atomic mass is 16.6. The molecule has 7 heteroatoms. The monoisotopic (exact) mass is 266 g/mol. The molecule has 0 atom stereocenters. The first-order chi connectivity index (χ1) is 9.20. The van der Waals surface area contributed by atoms with Crippen LogP contribution in [0.25, 0.3) is 0 Å². The fourth-order valence-electron chi connectivity index (χ4n) is 1.43. The fourth-order valence-corrected chi connectivity index (χ4v) is 1.43. The number of carboxylic acids is 1. The first kappa shape index (κ1) is 14.7. The topological polar surface area (TPSA) is 101 Å². The van der Waals surface area contributed by atoms with Crippen molar-refractivity contribution in [2.24, 2.45) is 10.3 Å². The predicted octanol–water partition coefficient (Wildman–Crippen LogP) is 1.10. The molecule has 0 heterocycles. The van der Waals surface area contributed by atoms with E-state index in [1.54, 1.807) is 24.3 Å². The molecule has 0 aliphatic heterocycles. The summed E-state index contributed by atoms with van der Waals surface area (Å²) in [5, 5.41) is 23.6. The summed E-state index contributed by atoms with van der Waals surface area (Å²) in [4.78, 5) is 15.6. The second-order valence-electron chi connectivity index (χ2n) is 3.40. The van der Waals surface area contributed by atoms with Gasteiger partial charge in [-0.05, 0) is 5.56 Å². The van der Waals surface area contributed by atoms with Gasteiger partial charge in [0.25, 0.3) is 0 Å². The van der Waals surface area contributed by atoms with Gasteiger partial charge in [0.1, 0.15) is 7.11 Å². The lowest BCUT2D eigenvalue weighted by molar-refractivity contribution is -0.129. The molecule has 0 radical (unpaired) electrons. The van der Waals surface area contributed by atoms with E-state index in [4.69, 9.17) is 15.1 Å². The van der Waals surface area contributed by atoms with E-state index in [0.717, 1.165) is 0 Å². The maximum atomic E-state index is 11.1. The summed E-state index contributed by atoms with van der Waals surface area (Å²) < 4.78 is 5.21. The average Bonchev–Trinajstić information content (AvgIpc) is 2.41. The maximum Gasteiger partial charge on any atom is 0.358 e. The zero-order valence-corrected chi connectivity index (χ0v) is 10.3. The lowest BCUT2D eigenvalue weighted by Crippen LogP contribution is -2.17. The van der Waals surface area contributed by atoms with Crippen LogP contribution in [0.2, 0.25) is 0 Å². The number of carbonyl (C=O) groups is 1. The van der Waals surface area contributed by atoms with Gasteiger partial charge >= 0.3 is 5.97 Å². The zero-order chi connectivity index (χ0) is 14.1. The van der Waals surface area contributed by atoms with Gasteiger partial charge in [0.05, 0.1) is 19.4 Å². The molecule has 102 valence electrons. The van der Waals surface area contributed by atoms with E-state index in [0.29, 0.717) is 11.1 Å². The second kappa shape index (κ2) is 7.83. The summed E-state index contributed by atoms with van der Waals surface area (Å²) in [6.45, 7) is 0.285. The smallest absolute Gasteiger partial charge is 0.358 e. The third-order valence-electron chi connectivity index (χ3n) is 2.19. The van der Waals surface area contributed by atoms with E-state index >= 15 is 0 Å². The quantitative estimate of drug-likeness (QED) is 0.333. The molecule has 0 aliphatic carbocycles. The summed E-state index contributed by atoms with van der Waals surface area (Å²) in [7, 11) is 1.28. The van der Waals surface area contributed by atoms with Crippen molar-refractivity contribution in [2.75, 3.05) is 13.7 Å². The van der Waals surface area contributed by atoms with Crippen molar-refractivity contribution in [2.45, 2.75) is 6.61 Å². The number of aliphatic carboxylic acids is 1. The van der Waals surface area contributed by atoms with Crippen LogP contribution < -0.4 is 0 Å². The number of benzene rings is 1. The molecule has 0 aliphatic rings. The number of oxime groups is 2. The Morgan fingerprint density at radius 2 is 2.16 bits per heavy atom. The van der Waals surface area contributed by atoms with E-state index in [9.17, 15) is 4.79 Å². The largest absolute Gasteiger partial charge is 0.476 e. The van der Waals surface area contributed by atoms with E-state index in [2.05, 4.69) is 15.1 Å². The van der Waals surface area contributed by atoms with Crippen molar-refractivity contribution in [3.63, 3.8) is 0 Å². The first-order valence-electron chi connectivity index (χ1n) is 5.37. The molecular formula is C12H14N2O5. The first-order valence-corrected chi connectivity index (χ1v) is 5.37. The molecule has 19 heavy (non-hydrogen) atoms. The zero-order valence-electron chi connectivity index (χ0n) is 10.3. The molecule has 0 amide bonds. The molecule has 0 saturated heterocycles. The van der Waals surface area contributed by atoms with Gasteiger partial charge in [0.15, 0.2) is 5.71 Å². The van der Waals surface area contributed by atoms with Gasteiger partial charge in [-0.3, -0.25) is 0 Å². The third-order valence-corrected chi connectivity index (χ3v) is 2.19. The van der Waals surface area contributed by atoms with E-state index in [1.807, 2.05) is 0 Å². The Morgan fingerprint density at radius 1 is 1.42 bits per heavy atom. The number of carboxylic acid groups (broad SMARTS) is 1. The Labute approximate surface area is 109 Å². The van der Waals surface area contributed by atoms with Crippen LogP contribution in [-0.4, -0.2) is 41.9 Å². The molecule has 0 saturated carbocycles. The minimum atomic E-state index is -1.19. The van der Waals surface area contributed by atoms with Crippen molar-refractivity contribution >= 4 is 17.9 Å². The standard InChI is InChI=1S/C12H14N2O5/c1-18-14-11(12(15)16)10-5-3-2-4-9(10)8-19-7-6-13-17/h2-6,17H,7-8H2,1H3,(H,15,16)/b13-6+,14-11+. The fraction of sp³-hybridized carbons (Fsp3) is 0.250. The van der Waals surface area contributed by atoms with E-state index in [1.165, 1.54) is 13.3 Å². The van der Waals surface area contributed by atoms with Crippen molar-refractivity contribution < 1.29 is 24.7 Å². The highest BCUT2D eigenvalue weighted by Gasteiger charge is 2.17. The number of hydrogen-bond acceptors (Lipinski definition) is 6. The number of ether oxygens (including phenoxy) is 1. The Hall–Kier alpha value is -2.41. The normalized spacial score (nSPS) is 11.7. The lowest BCUT2D eigenvalue weighted by atomic mass is 10.0. The Bertz CT molecular complexity index is 485. The van der Waals surface area contributed by atoms with E-state index < -0.39 is 5.97 Å². The van der Waals surface area contributed by atoms with Crippen LogP contribution >= 0.6 is 0 Å². The molecule has 1 rings (SSSR count). The summed E-state index contributed by atoms with van der Waals surface area (Å²) in [5.41, 5.74) is 0.863. The molecule has 1 aromatic rings. The molecule has 0 fully saturated rings. The molecule has 7 nitrogen and oxygen atoms in total. The van der Waals surface area contributed by atoms with Gasteiger partial charge in [0.2, 0.25) is 0 Å². The van der Waals surface area contributed by atoms with E-state index in [-0.39, 0.29) is 18.9 Å². The van der Waals surface area contributed by atoms with Gasteiger partial charge in [-0.25, -0.2) is 4.79 Å². The van der Waals surface area contributed by atoms with Gasteiger partial charge in [-0.1, -0.05) is 34.6 Å². The Morgan fingerprint density at radius 3 is 2.79 bits per heavy atom. The van der Waals surface area contributed by atoms with Crippen LogP contribution in [0.3, 0.4) is 0 Å². The molecule has 0 bridgehead atoms. The SMILES string of the molecule is CO/N=C(/C(=O)O)c1ccccc1COC/C=N/O.